The number of esters is 1. The van der Waals surface area contributed by atoms with Crippen LogP contribution in [0.1, 0.15) is 52.5 Å². The molecule has 1 N–H and O–H groups in total. The zero-order valence-corrected chi connectivity index (χ0v) is 17.0. The maximum absolute atomic E-state index is 13.5. The number of hydrogen-bond acceptors (Lipinski definition) is 3. The average Bonchev–Trinajstić information content (AvgIpc) is 2.77. The molecule has 2 atom stereocenters. The van der Waals surface area contributed by atoms with Crippen molar-refractivity contribution in [2.75, 3.05) is 6.61 Å². The van der Waals surface area contributed by atoms with Crippen LogP contribution in [0.2, 0.25) is 0 Å². The number of phenols is 1. The van der Waals surface area contributed by atoms with E-state index in [9.17, 15) is 18.7 Å². The van der Waals surface area contributed by atoms with E-state index in [1.807, 2.05) is 42.5 Å². The number of benzene rings is 3. The van der Waals surface area contributed by atoms with Gasteiger partial charge < -0.3 is 9.84 Å². The smallest absolute Gasteiger partial charge is 0.310 e. The molecule has 31 heavy (non-hydrogen) atoms. The van der Waals surface area contributed by atoms with Crippen molar-refractivity contribution in [1.29, 1.82) is 0 Å². The molecule has 0 radical (unpaired) electrons. The summed E-state index contributed by atoms with van der Waals surface area (Å²) < 4.78 is 32.1. The van der Waals surface area contributed by atoms with E-state index >= 15 is 0 Å². The van der Waals surface area contributed by atoms with Gasteiger partial charge in [-0.15, -0.1) is 0 Å². The number of ether oxygens (including phenoxy) is 1. The lowest BCUT2D eigenvalue weighted by atomic mass is 9.53. The summed E-state index contributed by atoms with van der Waals surface area (Å²) in [6.07, 6.45) is 0. The normalized spacial score (nSPS) is 23.7. The minimum Gasteiger partial charge on any atom is -0.508 e. The van der Waals surface area contributed by atoms with E-state index < -0.39 is 30.3 Å². The van der Waals surface area contributed by atoms with Gasteiger partial charge >= 0.3 is 5.97 Å². The van der Waals surface area contributed by atoms with E-state index in [4.69, 9.17) is 4.74 Å². The van der Waals surface area contributed by atoms with Crippen LogP contribution >= 0.6 is 0 Å². The summed E-state index contributed by atoms with van der Waals surface area (Å²) in [4.78, 5) is 13.3. The van der Waals surface area contributed by atoms with Crippen LogP contribution < -0.4 is 0 Å². The fraction of sp³-hybridized carbons (Fsp3) is 0.269. The van der Waals surface area contributed by atoms with Gasteiger partial charge in [-0.05, 0) is 33.9 Å². The van der Waals surface area contributed by atoms with Crippen LogP contribution in [0, 0.1) is 5.92 Å². The first-order valence-electron chi connectivity index (χ1n) is 10.4. The Kier molecular flexibility index (Phi) is 4.58. The van der Waals surface area contributed by atoms with E-state index in [1.165, 1.54) is 0 Å². The van der Waals surface area contributed by atoms with E-state index in [-0.39, 0.29) is 17.6 Å². The van der Waals surface area contributed by atoms with Crippen LogP contribution in [0.5, 0.6) is 5.75 Å². The SMILES string of the molecule is CC(F)(F)COC(=O)C1C2c3ccccc3C(c3ccccc32)C1c1ccccc1O. The highest BCUT2D eigenvalue weighted by Crippen LogP contribution is 2.62. The Labute approximate surface area is 179 Å². The first kappa shape index (κ1) is 19.7. The predicted octanol–water partition coefficient (Wildman–Crippen LogP) is 5.58. The molecule has 3 aromatic rings. The second kappa shape index (κ2) is 7.19. The molecule has 2 unspecified atom stereocenters. The van der Waals surface area contributed by atoms with Crippen molar-refractivity contribution in [1.82, 2.24) is 0 Å². The summed E-state index contributed by atoms with van der Waals surface area (Å²) in [5.41, 5.74) is 4.87. The van der Waals surface area contributed by atoms with Gasteiger partial charge in [-0.25, -0.2) is 8.78 Å². The summed E-state index contributed by atoms with van der Waals surface area (Å²) >= 11 is 0. The van der Waals surface area contributed by atoms with E-state index in [0.29, 0.717) is 5.56 Å². The predicted molar refractivity (Wildman–Crippen MR) is 112 cm³/mol. The number of carbonyl (C=O) groups excluding carboxylic acids is 1. The first-order chi connectivity index (χ1) is 14.9. The zero-order valence-electron chi connectivity index (χ0n) is 17.0. The van der Waals surface area contributed by atoms with E-state index in [2.05, 4.69) is 12.1 Å². The Morgan fingerprint density at radius 2 is 1.29 bits per heavy atom. The van der Waals surface area contributed by atoms with Crippen LogP contribution in [0.4, 0.5) is 8.78 Å². The average molecular weight is 420 g/mol. The topological polar surface area (TPSA) is 46.5 Å². The summed E-state index contributed by atoms with van der Waals surface area (Å²) in [6.45, 7) is -0.227. The number of alkyl halides is 2. The number of phenolic OH excluding ortho intramolecular Hbond substituents is 1. The largest absolute Gasteiger partial charge is 0.508 e. The van der Waals surface area contributed by atoms with Gasteiger partial charge in [-0.3, -0.25) is 4.79 Å². The van der Waals surface area contributed by atoms with Crippen molar-refractivity contribution in [3.63, 3.8) is 0 Å². The van der Waals surface area contributed by atoms with Crippen molar-refractivity contribution in [3.8, 4) is 5.75 Å². The van der Waals surface area contributed by atoms with Crippen LogP contribution in [0.25, 0.3) is 0 Å². The molecule has 0 fully saturated rings. The Morgan fingerprint density at radius 3 is 1.77 bits per heavy atom. The van der Waals surface area contributed by atoms with Gasteiger partial charge in [0, 0.05) is 24.7 Å². The molecule has 2 bridgehead atoms. The second-order valence-electron chi connectivity index (χ2n) is 8.50. The lowest BCUT2D eigenvalue weighted by Crippen LogP contribution is -2.43. The Hall–Kier alpha value is -3.21. The maximum Gasteiger partial charge on any atom is 0.310 e. The van der Waals surface area contributed by atoms with Crippen LogP contribution in [0.3, 0.4) is 0 Å². The molecule has 158 valence electrons. The fourth-order valence-electron chi connectivity index (χ4n) is 5.40. The summed E-state index contributed by atoms with van der Waals surface area (Å²) in [5.74, 6) is -5.34. The minimum absolute atomic E-state index is 0.0913. The van der Waals surface area contributed by atoms with Gasteiger partial charge in [0.2, 0.25) is 0 Å². The van der Waals surface area contributed by atoms with Crippen molar-refractivity contribution in [2.45, 2.75) is 30.6 Å². The molecule has 6 rings (SSSR count). The number of rotatable bonds is 4. The van der Waals surface area contributed by atoms with Crippen molar-refractivity contribution in [3.05, 3.63) is 101 Å². The Balaban J connectivity index is 1.72. The molecule has 0 saturated carbocycles. The van der Waals surface area contributed by atoms with Crippen molar-refractivity contribution in [2.24, 2.45) is 5.92 Å². The van der Waals surface area contributed by atoms with E-state index in [1.54, 1.807) is 18.2 Å². The highest BCUT2D eigenvalue weighted by atomic mass is 19.3. The van der Waals surface area contributed by atoms with Crippen molar-refractivity contribution < 1.29 is 23.4 Å². The Bertz CT molecular complexity index is 1100. The van der Waals surface area contributed by atoms with Gasteiger partial charge in [0.25, 0.3) is 5.92 Å². The van der Waals surface area contributed by atoms with Crippen LogP contribution in [0.15, 0.2) is 72.8 Å². The van der Waals surface area contributed by atoms with Crippen molar-refractivity contribution >= 4 is 5.97 Å². The highest BCUT2D eigenvalue weighted by molar-refractivity contribution is 5.80. The lowest BCUT2D eigenvalue weighted by Gasteiger charge is -2.50. The molecule has 0 heterocycles. The quantitative estimate of drug-likeness (QED) is 0.561. The van der Waals surface area contributed by atoms with E-state index in [0.717, 1.165) is 29.2 Å². The molecule has 3 aromatic carbocycles. The van der Waals surface area contributed by atoms with Crippen LogP contribution in [-0.4, -0.2) is 23.6 Å². The number of halogens is 2. The number of carbonyl (C=O) groups is 1. The van der Waals surface area contributed by atoms with Gasteiger partial charge in [-0.1, -0.05) is 66.7 Å². The monoisotopic (exact) mass is 420 g/mol. The van der Waals surface area contributed by atoms with Gasteiger partial charge in [0.1, 0.15) is 5.75 Å². The molecule has 5 heteroatoms. The molecule has 0 aliphatic heterocycles. The Morgan fingerprint density at radius 1 is 0.839 bits per heavy atom. The van der Waals surface area contributed by atoms with Crippen LogP contribution in [-0.2, 0) is 9.53 Å². The van der Waals surface area contributed by atoms with Gasteiger partial charge in [-0.2, -0.15) is 0 Å². The fourth-order valence-corrected chi connectivity index (χ4v) is 5.40. The molecule has 0 amide bonds. The third-order valence-electron chi connectivity index (χ3n) is 6.47. The summed E-state index contributed by atoms with van der Waals surface area (Å²) in [6, 6.07) is 22.8. The molecular weight excluding hydrogens is 398 g/mol. The molecule has 0 saturated heterocycles. The third-order valence-corrected chi connectivity index (χ3v) is 6.47. The molecule has 0 spiro atoms. The molecule has 3 aliphatic carbocycles. The summed E-state index contributed by atoms with van der Waals surface area (Å²) in [7, 11) is 0. The second-order valence-corrected chi connectivity index (χ2v) is 8.50. The minimum atomic E-state index is -3.11. The molecule has 3 aliphatic rings. The standard InChI is InChI=1S/C26H22F2O3/c1-26(27,28)14-31-25(30)24-22-17-10-4-2-8-15(17)21(16-9-3-5-11-18(16)22)23(24)19-12-6-7-13-20(19)29/h2-13,21-24,29H,14H2,1H3. The zero-order chi connectivity index (χ0) is 21.8. The number of aromatic hydroxyl groups is 1. The number of fused-ring (bicyclic) bond motifs is 1. The number of hydrogen-bond donors (Lipinski definition) is 1. The van der Waals surface area contributed by atoms with Gasteiger partial charge in [0.05, 0.1) is 5.92 Å². The first-order valence-corrected chi connectivity index (χ1v) is 10.4. The molecule has 3 nitrogen and oxygen atoms in total. The third kappa shape index (κ3) is 3.19. The van der Waals surface area contributed by atoms with Gasteiger partial charge in [0.15, 0.2) is 6.61 Å². The summed E-state index contributed by atoms with van der Waals surface area (Å²) in [5, 5.41) is 10.7. The maximum atomic E-state index is 13.5. The molecule has 0 aromatic heterocycles. The lowest BCUT2D eigenvalue weighted by molar-refractivity contribution is -0.160. The highest BCUT2D eigenvalue weighted by Gasteiger charge is 2.54. The molecular formula is C26H22F2O3. The number of para-hydroxylation sites is 1.